The zero-order valence-electron chi connectivity index (χ0n) is 26.1. The second-order valence-corrected chi connectivity index (χ2v) is 15.8. The molecule has 1 saturated heterocycles. The highest BCUT2D eigenvalue weighted by Crippen LogP contribution is 2.36. The summed E-state index contributed by atoms with van der Waals surface area (Å²) in [5, 5.41) is 8.73. The van der Waals surface area contributed by atoms with E-state index in [9.17, 15) is 18.0 Å². The van der Waals surface area contributed by atoms with E-state index in [2.05, 4.69) is 20.3 Å². The predicted molar refractivity (Wildman–Crippen MR) is 173 cm³/mol. The van der Waals surface area contributed by atoms with Crippen LogP contribution in [0.1, 0.15) is 88.3 Å². The fourth-order valence-electron chi connectivity index (χ4n) is 7.00. The zero-order valence-corrected chi connectivity index (χ0v) is 27.7. The van der Waals surface area contributed by atoms with Crippen LogP contribution in [0.5, 0.6) is 0 Å². The molecule has 2 aliphatic heterocycles. The molecule has 2 atom stereocenters. The van der Waals surface area contributed by atoms with Gasteiger partial charge in [0, 0.05) is 30.6 Å². The minimum absolute atomic E-state index is 0.0550. The number of piperazine rings is 1. The minimum Gasteiger partial charge on any atom is -0.457 e. The Kier molecular flexibility index (Phi) is 11.6. The number of unbranched alkanes of at least 4 members (excludes halogenated alkanes) is 1. The standard InChI is InChI=1S/C31H50N6O5S2/c1-44(40,41)34-17-9-6-14-26(35-24-11-4-2-5-12-24)29(39)37-19-18-36(30-33-23-31(42-30)15-7-3-8-16-31)22-27(37)28(38)32-21-25-13-10-20-43-25/h10,13,20,24,26-27,34-35H,2-9,11-12,14-19,21-23H2,1H3,(H,32,38)/t26-,27+/m1/s1. The molecule has 0 bridgehead atoms. The van der Waals surface area contributed by atoms with Crippen LogP contribution >= 0.6 is 11.3 Å². The van der Waals surface area contributed by atoms with E-state index in [0.29, 0.717) is 64.6 Å². The monoisotopic (exact) mass is 650 g/mol. The van der Waals surface area contributed by atoms with Crippen molar-refractivity contribution >= 4 is 39.2 Å². The fourth-order valence-corrected chi connectivity index (χ4v) is 8.16. The molecule has 2 aliphatic carbocycles. The van der Waals surface area contributed by atoms with E-state index in [1.807, 2.05) is 17.5 Å². The van der Waals surface area contributed by atoms with Crippen molar-refractivity contribution in [2.45, 2.75) is 114 Å². The number of nitrogens with zero attached hydrogens (tertiary/aromatic N) is 3. The lowest BCUT2D eigenvalue weighted by Gasteiger charge is -2.43. The maximum absolute atomic E-state index is 14.3. The van der Waals surface area contributed by atoms with E-state index in [1.165, 1.54) is 12.8 Å². The van der Waals surface area contributed by atoms with Crippen LogP contribution in [-0.4, -0.2) is 98.8 Å². The molecule has 11 nitrogen and oxygen atoms in total. The maximum Gasteiger partial charge on any atom is 0.288 e. The van der Waals surface area contributed by atoms with Gasteiger partial charge < -0.3 is 25.2 Å². The number of thiophene rings is 1. The summed E-state index contributed by atoms with van der Waals surface area (Å²) < 4.78 is 32.0. The SMILES string of the molecule is CS(=O)(=O)NCCCC[C@@H](NC1CCCCC1)C(=O)N1CCN(C2=NCC3(CCCCC3)O2)C[C@H]1C(=O)NCc1cccs1. The Morgan fingerprint density at radius 3 is 2.61 bits per heavy atom. The summed E-state index contributed by atoms with van der Waals surface area (Å²) in [7, 11) is -3.25. The molecular formula is C31H50N6O5S2. The van der Waals surface area contributed by atoms with Crippen molar-refractivity contribution in [1.29, 1.82) is 0 Å². The lowest BCUT2D eigenvalue weighted by Crippen LogP contribution is -2.64. The molecule has 0 aromatic carbocycles. The Balaban J connectivity index is 1.28. The molecule has 1 aromatic rings. The third-order valence-electron chi connectivity index (χ3n) is 9.45. The minimum atomic E-state index is -3.25. The van der Waals surface area contributed by atoms with Crippen molar-refractivity contribution in [1.82, 2.24) is 25.2 Å². The molecule has 1 aromatic heterocycles. The molecule has 0 radical (unpaired) electrons. The number of carbonyl (C=O) groups is 2. The highest BCUT2D eigenvalue weighted by atomic mass is 32.2. The van der Waals surface area contributed by atoms with Gasteiger partial charge in [0.1, 0.15) is 11.6 Å². The Morgan fingerprint density at radius 1 is 1.11 bits per heavy atom. The Labute approximate surface area is 266 Å². The first-order valence-electron chi connectivity index (χ1n) is 16.5. The molecule has 44 heavy (non-hydrogen) atoms. The van der Waals surface area contributed by atoms with Gasteiger partial charge >= 0.3 is 0 Å². The van der Waals surface area contributed by atoms with Crippen molar-refractivity contribution in [2.24, 2.45) is 4.99 Å². The van der Waals surface area contributed by atoms with E-state index in [0.717, 1.165) is 62.5 Å². The summed E-state index contributed by atoms with van der Waals surface area (Å²) in [5.74, 6) is -0.225. The van der Waals surface area contributed by atoms with Gasteiger partial charge in [0.15, 0.2) is 0 Å². The highest BCUT2D eigenvalue weighted by Gasteiger charge is 2.44. The molecular weight excluding hydrogens is 601 g/mol. The molecule has 3 heterocycles. The Hall–Kier alpha value is -2.22. The summed E-state index contributed by atoms with van der Waals surface area (Å²) in [6, 6.07) is 3.74. The van der Waals surface area contributed by atoms with Gasteiger partial charge in [-0.25, -0.2) is 18.1 Å². The van der Waals surface area contributed by atoms with Crippen LogP contribution in [-0.2, 0) is 30.9 Å². The van der Waals surface area contributed by atoms with Gasteiger partial charge in [-0.05, 0) is 62.8 Å². The van der Waals surface area contributed by atoms with Crippen LogP contribution in [0.4, 0.5) is 0 Å². The number of ether oxygens (including phenoxy) is 1. The fraction of sp³-hybridized carbons (Fsp3) is 0.774. The summed E-state index contributed by atoms with van der Waals surface area (Å²) in [6.07, 6.45) is 14.2. The van der Waals surface area contributed by atoms with Crippen LogP contribution in [0.25, 0.3) is 0 Å². The first-order valence-corrected chi connectivity index (χ1v) is 19.3. The number of sulfonamides is 1. The van der Waals surface area contributed by atoms with E-state index in [1.54, 1.807) is 16.2 Å². The van der Waals surface area contributed by atoms with E-state index < -0.39 is 22.1 Å². The molecule has 1 spiro atoms. The van der Waals surface area contributed by atoms with Crippen molar-refractivity contribution in [3.63, 3.8) is 0 Å². The number of amidine groups is 1. The lowest BCUT2D eigenvalue weighted by molar-refractivity contribution is -0.145. The summed E-state index contributed by atoms with van der Waals surface area (Å²) >= 11 is 1.59. The molecule has 3 N–H and O–H groups in total. The maximum atomic E-state index is 14.3. The lowest BCUT2D eigenvalue weighted by atomic mass is 9.85. The first kappa shape index (κ1) is 33.2. The van der Waals surface area contributed by atoms with Crippen LogP contribution in [0, 0.1) is 0 Å². The van der Waals surface area contributed by atoms with Gasteiger partial charge in [-0.2, -0.15) is 0 Å². The van der Waals surface area contributed by atoms with E-state index >= 15 is 0 Å². The Bertz CT molecular complexity index is 1230. The summed E-state index contributed by atoms with van der Waals surface area (Å²) in [5.41, 5.74) is -0.210. The molecule has 4 aliphatic rings. The quantitative estimate of drug-likeness (QED) is 0.297. The molecule has 5 rings (SSSR count). The number of hydrogen-bond acceptors (Lipinski definition) is 9. The number of amides is 2. The Morgan fingerprint density at radius 2 is 1.89 bits per heavy atom. The van der Waals surface area contributed by atoms with Crippen LogP contribution < -0.4 is 15.4 Å². The zero-order chi connectivity index (χ0) is 31.0. The van der Waals surface area contributed by atoms with Gasteiger partial charge in [0.2, 0.25) is 21.8 Å². The van der Waals surface area contributed by atoms with Gasteiger partial charge in [0.25, 0.3) is 6.02 Å². The number of nitrogens with one attached hydrogen (secondary N) is 3. The average Bonchev–Trinajstić information content (AvgIpc) is 3.69. The van der Waals surface area contributed by atoms with Gasteiger partial charge in [-0.3, -0.25) is 9.59 Å². The smallest absolute Gasteiger partial charge is 0.288 e. The second kappa shape index (κ2) is 15.4. The third-order valence-corrected chi connectivity index (χ3v) is 11.1. The van der Waals surface area contributed by atoms with Crippen molar-refractivity contribution in [2.75, 3.05) is 39.0 Å². The van der Waals surface area contributed by atoms with Crippen LogP contribution in [0.3, 0.4) is 0 Å². The number of hydrogen-bond donors (Lipinski definition) is 3. The molecule has 0 unspecified atom stereocenters. The van der Waals surface area contributed by atoms with Crippen LogP contribution in [0.2, 0.25) is 0 Å². The van der Waals surface area contributed by atoms with Crippen molar-refractivity contribution in [3.8, 4) is 0 Å². The molecule has 2 saturated carbocycles. The summed E-state index contributed by atoms with van der Waals surface area (Å²) in [4.78, 5) is 37.8. The van der Waals surface area contributed by atoms with E-state index in [4.69, 9.17) is 9.73 Å². The molecule has 13 heteroatoms. The van der Waals surface area contributed by atoms with Gasteiger partial charge in [-0.15, -0.1) is 11.3 Å². The van der Waals surface area contributed by atoms with Crippen molar-refractivity contribution in [3.05, 3.63) is 22.4 Å². The van der Waals surface area contributed by atoms with Crippen LogP contribution in [0.15, 0.2) is 22.5 Å². The third kappa shape index (κ3) is 9.17. The van der Waals surface area contributed by atoms with E-state index in [-0.39, 0.29) is 23.5 Å². The molecule has 2 amide bonds. The average molecular weight is 651 g/mol. The highest BCUT2D eigenvalue weighted by molar-refractivity contribution is 7.88. The van der Waals surface area contributed by atoms with Gasteiger partial charge in [0.05, 0.1) is 31.9 Å². The number of aliphatic imine (C=N–C) groups is 1. The molecule has 246 valence electrons. The van der Waals surface area contributed by atoms with Crippen molar-refractivity contribution < 1.29 is 22.7 Å². The number of carbonyl (C=O) groups excluding carboxylic acids is 2. The first-order chi connectivity index (χ1) is 21.2. The largest absolute Gasteiger partial charge is 0.457 e. The molecule has 3 fully saturated rings. The van der Waals surface area contributed by atoms with Gasteiger partial charge in [-0.1, -0.05) is 38.2 Å². The number of rotatable bonds is 12. The topological polar surface area (TPSA) is 132 Å². The normalized spacial score (nSPS) is 23.3. The predicted octanol–water partition coefficient (Wildman–Crippen LogP) is 2.98. The second-order valence-electron chi connectivity index (χ2n) is 13.0. The summed E-state index contributed by atoms with van der Waals surface area (Å²) in [6.45, 7) is 2.74.